The van der Waals surface area contributed by atoms with Crippen LogP contribution in [0.25, 0.3) is 22.3 Å². The van der Waals surface area contributed by atoms with Gasteiger partial charge < -0.3 is 11.1 Å². The lowest BCUT2D eigenvalue weighted by Gasteiger charge is -2.39. The van der Waals surface area contributed by atoms with Crippen molar-refractivity contribution in [3.63, 3.8) is 0 Å². The van der Waals surface area contributed by atoms with E-state index in [1.54, 1.807) is 42.5 Å². The van der Waals surface area contributed by atoms with Gasteiger partial charge in [-0.1, -0.05) is 37.3 Å². The van der Waals surface area contributed by atoms with Crippen LogP contribution in [-0.2, 0) is 10.0 Å². The van der Waals surface area contributed by atoms with E-state index in [-0.39, 0.29) is 10.3 Å². The molecule has 1 fully saturated rings. The molecule has 6 nitrogen and oxygen atoms in total. The summed E-state index contributed by atoms with van der Waals surface area (Å²) in [6.07, 6.45) is 1.51. The Labute approximate surface area is 175 Å². The first kappa shape index (κ1) is 20.5. The lowest BCUT2D eigenvalue weighted by Crippen LogP contribution is -2.56. The molecule has 0 amide bonds. The fraction of sp³-hybridized carbons (Fsp3) is 0.227. The van der Waals surface area contributed by atoms with Crippen molar-refractivity contribution in [1.82, 2.24) is 15.0 Å². The Morgan fingerprint density at radius 2 is 1.83 bits per heavy atom. The largest absolute Gasteiger partial charge is 0.384 e. The summed E-state index contributed by atoms with van der Waals surface area (Å²) < 4.78 is 43.5. The van der Waals surface area contributed by atoms with Crippen LogP contribution in [0.2, 0.25) is 0 Å². The third-order valence-electron chi connectivity index (χ3n) is 5.35. The van der Waals surface area contributed by atoms with Gasteiger partial charge >= 0.3 is 0 Å². The third-order valence-corrected chi connectivity index (χ3v) is 6.81. The Hall–Kier alpha value is -2.81. The average molecular weight is 427 g/mol. The minimum atomic E-state index is -3.75. The summed E-state index contributed by atoms with van der Waals surface area (Å²) in [6, 6.07) is 14.6. The molecule has 1 aliphatic rings. The predicted molar refractivity (Wildman–Crippen MR) is 116 cm³/mol. The number of halogens is 1. The first-order valence-electron chi connectivity index (χ1n) is 9.59. The van der Waals surface area contributed by atoms with Gasteiger partial charge in [-0.25, -0.2) is 22.5 Å². The molecular weight excluding hydrogens is 403 g/mol. The van der Waals surface area contributed by atoms with E-state index >= 15 is 0 Å². The number of hydrogen-bond acceptors (Lipinski definition) is 5. The Morgan fingerprint density at radius 3 is 2.47 bits per heavy atom. The molecule has 8 heteroatoms. The number of aromatic nitrogens is 1. The number of pyridine rings is 1. The van der Waals surface area contributed by atoms with Crippen LogP contribution in [0.1, 0.15) is 6.92 Å². The van der Waals surface area contributed by atoms with Gasteiger partial charge in [-0.15, -0.1) is 0 Å². The van der Waals surface area contributed by atoms with E-state index < -0.39 is 15.8 Å². The molecule has 1 saturated heterocycles. The second-order valence-electron chi connectivity index (χ2n) is 7.90. The summed E-state index contributed by atoms with van der Waals surface area (Å²) in [5, 5.41) is 3.16. The van der Waals surface area contributed by atoms with E-state index in [1.165, 1.54) is 18.3 Å². The summed E-state index contributed by atoms with van der Waals surface area (Å²) in [6.45, 7) is 3.90. The van der Waals surface area contributed by atoms with E-state index in [0.717, 1.165) is 13.1 Å². The average Bonchev–Trinajstić information content (AvgIpc) is 2.72. The van der Waals surface area contributed by atoms with Crippen molar-refractivity contribution >= 4 is 15.8 Å². The molecule has 2 aromatic carbocycles. The second kappa shape index (κ2) is 7.79. The second-order valence-corrected chi connectivity index (χ2v) is 9.64. The molecule has 4 N–H and O–H groups in total. The molecule has 0 saturated carbocycles. The van der Waals surface area contributed by atoms with E-state index in [2.05, 4.69) is 15.0 Å². The number of benzene rings is 2. The van der Waals surface area contributed by atoms with E-state index in [0.29, 0.717) is 34.6 Å². The predicted octanol–water partition coefficient (Wildman–Crippen LogP) is 3.02. The van der Waals surface area contributed by atoms with E-state index in [1.807, 2.05) is 6.92 Å². The highest BCUT2D eigenvalue weighted by Gasteiger charge is 2.33. The monoisotopic (exact) mass is 426 g/mol. The fourth-order valence-electron chi connectivity index (χ4n) is 3.44. The lowest BCUT2D eigenvalue weighted by atomic mass is 9.85. The van der Waals surface area contributed by atoms with Gasteiger partial charge in [0.2, 0.25) is 10.0 Å². The first-order valence-corrected chi connectivity index (χ1v) is 11.1. The highest BCUT2D eigenvalue weighted by molar-refractivity contribution is 7.89. The zero-order valence-corrected chi connectivity index (χ0v) is 17.3. The molecule has 3 aromatic rings. The Bertz CT molecular complexity index is 1180. The molecule has 0 bridgehead atoms. The maximum absolute atomic E-state index is 14.9. The molecule has 2 heterocycles. The summed E-state index contributed by atoms with van der Waals surface area (Å²) in [5.41, 5.74) is 7.40. The van der Waals surface area contributed by atoms with Gasteiger partial charge in [-0.3, -0.25) is 0 Å². The van der Waals surface area contributed by atoms with E-state index in [4.69, 9.17) is 5.73 Å². The summed E-state index contributed by atoms with van der Waals surface area (Å²) in [4.78, 5) is 4.12. The zero-order chi connectivity index (χ0) is 21.4. The number of nitrogen functional groups attached to an aromatic ring is 1. The third kappa shape index (κ3) is 4.07. The van der Waals surface area contributed by atoms with Crippen molar-refractivity contribution in [3.8, 4) is 22.3 Å². The van der Waals surface area contributed by atoms with Crippen LogP contribution in [0, 0.1) is 11.2 Å². The zero-order valence-electron chi connectivity index (χ0n) is 16.5. The van der Waals surface area contributed by atoms with Crippen molar-refractivity contribution in [3.05, 3.63) is 66.6 Å². The fourth-order valence-corrected chi connectivity index (χ4v) is 4.87. The smallest absolute Gasteiger partial charge is 0.241 e. The van der Waals surface area contributed by atoms with Crippen LogP contribution >= 0.6 is 0 Å². The standard InChI is InChI=1S/C22H23FN4O2S/c1-22(12-25-13-22)14-27-30(28,29)20-5-3-2-4-18(20)15-6-8-17(19(23)10-15)16-7-9-21(24)26-11-16/h2-11,25,27H,12-14H2,1H3,(H2,24,26). The van der Waals surface area contributed by atoms with Gasteiger partial charge in [0.15, 0.2) is 0 Å². The van der Waals surface area contributed by atoms with Gasteiger partial charge in [0, 0.05) is 47.9 Å². The first-order chi connectivity index (χ1) is 14.3. The van der Waals surface area contributed by atoms with Crippen molar-refractivity contribution < 1.29 is 12.8 Å². The van der Waals surface area contributed by atoms with Crippen LogP contribution in [0.4, 0.5) is 10.2 Å². The maximum Gasteiger partial charge on any atom is 0.241 e. The number of nitrogens with one attached hydrogen (secondary N) is 2. The van der Waals surface area contributed by atoms with Crippen molar-refractivity contribution in [2.45, 2.75) is 11.8 Å². The number of nitrogens with zero attached hydrogens (tertiary/aromatic N) is 1. The minimum absolute atomic E-state index is 0.0944. The Kier molecular flexibility index (Phi) is 5.31. The molecule has 0 aliphatic carbocycles. The number of anilines is 1. The van der Waals surface area contributed by atoms with Gasteiger partial charge in [-0.05, 0) is 29.8 Å². The number of rotatable bonds is 6. The minimum Gasteiger partial charge on any atom is -0.384 e. The van der Waals surface area contributed by atoms with Gasteiger partial charge in [0.1, 0.15) is 11.6 Å². The van der Waals surface area contributed by atoms with Crippen LogP contribution < -0.4 is 15.8 Å². The topological polar surface area (TPSA) is 97.1 Å². The van der Waals surface area contributed by atoms with Crippen LogP contribution in [0.15, 0.2) is 65.7 Å². The van der Waals surface area contributed by atoms with Gasteiger partial charge in [-0.2, -0.15) is 0 Å². The van der Waals surface area contributed by atoms with Gasteiger partial charge in [0.05, 0.1) is 4.90 Å². The van der Waals surface area contributed by atoms with Crippen LogP contribution in [0.5, 0.6) is 0 Å². The van der Waals surface area contributed by atoms with Crippen molar-refractivity contribution in [2.24, 2.45) is 5.41 Å². The summed E-state index contributed by atoms with van der Waals surface area (Å²) >= 11 is 0. The number of hydrogen-bond donors (Lipinski definition) is 3. The van der Waals surface area contributed by atoms with Crippen LogP contribution in [0.3, 0.4) is 0 Å². The molecule has 1 aromatic heterocycles. The highest BCUT2D eigenvalue weighted by Crippen LogP contribution is 2.32. The lowest BCUT2D eigenvalue weighted by molar-refractivity contribution is 0.200. The molecule has 0 unspecified atom stereocenters. The Balaban J connectivity index is 1.66. The SMILES string of the molecule is CC1(CNS(=O)(=O)c2ccccc2-c2ccc(-c3ccc(N)nc3)c(F)c2)CNC1. The highest BCUT2D eigenvalue weighted by atomic mass is 32.2. The van der Waals surface area contributed by atoms with Crippen molar-refractivity contribution in [2.75, 3.05) is 25.4 Å². The quantitative estimate of drug-likeness (QED) is 0.563. The normalized spacial score (nSPS) is 15.5. The van der Waals surface area contributed by atoms with Crippen LogP contribution in [-0.4, -0.2) is 33.0 Å². The Morgan fingerprint density at radius 1 is 1.10 bits per heavy atom. The molecule has 1 aliphatic heterocycles. The molecule has 4 rings (SSSR count). The molecule has 30 heavy (non-hydrogen) atoms. The van der Waals surface area contributed by atoms with Gasteiger partial charge in [0.25, 0.3) is 0 Å². The number of nitrogens with two attached hydrogens (primary N) is 1. The molecular formula is C22H23FN4O2S. The maximum atomic E-state index is 14.9. The molecule has 0 spiro atoms. The van der Waals surface area contributed by atoms with E-state index in [9.17, 15) is 12.8 Å². The molecule has 0 radical (unpaired) electrons. The molecule has 156 valence electrons. The molecule has 0 atom stereocenters. The summed E-state index contributed by atoms with van der Waals surface area (Å²) in [5.74, 6) is -0.110. The summed E-state index contributed by atoms with van der Waals surface area (Å²) in [7, 11) is -3.75. The van der Waals surface area contributed by atoms with Crippen molar-refractivity contribution in [1.29, 1.82) is 0 Å². The number of sulfonamides is 1.